The van der Waals surface area contributed by atoms with Crippen molar-refractivity contribution in [3.05, 3.63) is 0 Å². The molecule has 3 nitrogen and oxygen atoms in total. The van der Waals surface area contributed by atoms with E-state index < -0.39 is 0 Å². The van der Waals surface area contributed by atoms with Gasteiger partial charge in [0.15, 0.2) is 0 Å². The average molecular weight is 449 g/mol. The molecule has 0 aromatic heterocycles. The highest BCUT2D eigenvalue weighted by molar-refractivity contribution is 5.80. The van der Waals surface area contributed by atoms with Crippen LogP contribution in [0.15, 0.2) is 0 Å². The Balaban J connectivity index is 2.09. The maximum absolute atomic E-state index is 13.7. The zero-order valence-electron chi connectivity index (χ0n) is 23.6. The fraction of sp³-hybridized carbons (Fsp3) is 0.966. The van der Waals surface area contributed by atoms with Crippen LogP contribution in [0.5, 0.6) is 0 Å². The molecule has 0 spiro atoms. The van der Waals surface area contributed by atoms with Gasteiger partial charge in [-0.1, -0.05) is 19.3 Å². The van der Waals surface area contributed by atoms with Gasteiger partial charge in [0.05, 0.1) is 0 Å². The van der Waals surface area contributed by atoms with Gasteiger partial charge in [0.1, 0.15) is 0 Å². The van der Waals surface area contributed by atoms with Crippen molar-refractivity contribution in [2.24, 2.45) is 11.8 Å². The summed E-state index contributed by atoms with van der Waals surface area (Å²) >= 11 is 0. The Hall–Kier alpha value is -0.570. The minimum absolute atomic E-state index is 0.0992. The van der Waals surface area contributed by atoms with E-state index in [4.69, 9.17) is 0 Å². The summed E-state index contributed by atoms with van der Waals surface area (Å²) in [6, 6.07) is 0.664. The lowest BCUT2D eigenvalue weighted by Crippen LogP contribution is -2.60. The Morgan fingerprint density at radius 3 is 1.53 bits per heavy atom. The third-order valence-electron chi connectivity index (χ3n) is 7.87. The standard InChI is InChI=1S/C29H56N2O/c1-26(2,3)30(27(4,5)6)24-19-17-22(18-20-24)21-29(10,11)31(28(7,8)9)25(32)23-15-13-12-14-16-23/h22-24H,12-21H2,1-11H3. The van der Waals surface area contributed by atoms with E-state index in [9.17, 15) is 4.79 Å². The summed E-state index contributed by atoms with van der Waals surface area (Å²) < 4.78 is 0. The minimum Gasteiger partial charge on any atom is -0.332 e. The van der Waals surface area contributed by atoms with E-state index in [1.54, 1.807) is 0 Å². The Morgan fingerprint density at radius 1 is 0.656 bits per heavy atom. The normalized spacial score (nSPS) is 24.6. The van der Waals surface area contributed by atoms with Crippen LogP contribution in [0.4, 0.5) is 0 Å². The second kappa shape index (κ2) is 9.96. The van der Waals surface area contributed by atoms with Gasteiger partial charge in [0.2, 0.25) is 5.91 Å². The molecule has 0 heterocycles. The van der Waals surface area contributed by atoms with Gasteiger partial charge in [0.25, 0.3) is 0 Å². The second-order valence-electron chi connectivity index (χ2n) is 14.6. The highest BCUT2D eigenvalue weighted by Gasteiger charge is 2.44. The molecule has 0 N–H and O–H groups in total. The first-order valence-corrected chi connectivity index (χ1v) is 13.6. The summed E-state index contributed by atoms with van der Waals surface area (Å²) in [4.78, 5) is 18.8. The Morgan fingerprint density at radius 2 is 1.12 bits per heavy atom. The second-order valence-corrected chi connectivity index (χ2v) is 14.6. The third-order valence-corrected chi connectivity index (χ3v) is 7.87. The van der Waals surface area contributed by atoms with E-state index in [0.717, 1.165) is 19.3 Å². The maximum Gasteiger partial charge on any atom is 0.226 e. The lowest BCUT2D eigenvalue weighted by Gasteiger charge is -2.53. The van der Waals surface area contributed by atoms with Gasteiger partial charge < -0.3 is 4.90 Å². The zero-order valence-corrected chi connectivity index (χ0v) is 23.6. The number of carbonyl (C=O) groups excluding carboxylic acids is 1. The third kappa shape index (κ3) is 6.97. The number of hydrogen-bond acceptors (Lipinski definition) is 2. The van der Waals surface area contributed by atoms with Crippen LogP contribution in [0.25, 0.3) is 0 Å². The van der Waals surface area contributed by atoms with Crippen LogP contribution in [0.3, 0.4) is 0 Å². The van der Waals surface area contributed by atoms with Crippen LogP contribution >= 0.6 is 0 Å². The molecule has 2 aliphatic rings. The number of carbonyl (C=O) groups is 1. The van der Waals surface area contributed by atoms with Crippen molar-refractivity contribution < 1.29 is 4.79 Å². The van der Waals surface area contributed by atoms with Crippen molar-refractivity contribution in [1.29, 1.82) is 0 Å². The van der Waals surface area contributed by atoms with Gasteiger partial charge in [-0.25, -0.2) is 0 Å². The van der Waals surface area contributed by atoms with Crippen LogP contribution in [-0.2, 0) is 4.79 Å². The fourth-order valence-electron chi connectivity index (χ4n) is 7.58. The van der Waals surface area contributed by atoms with E-state index >= 15 is 0 Å². The van der Waals surface area contributed by atoms with Gasteiger partial charge in [-0.2, -0.15) is 0 Å². The first-order valence-electron chi connectivity index (χ1n) is 13.6. The highest BCUT2D eigenvalue weighted by atomic mass is 16.2. The van der Waals surface area contributed by atoms with Crippen molar-refractivity contribution in [3.8, 4) is 0 Å². The minimum atomic E-state index is -0.134. The molecule has 0 unspecified atom stereocenters. The van der Waals surface area contributed by atoms with E-state index in [2.05, 4.69) is 86.0 Å². The van der Waals surface area contributed by atoms with Gasteiger partial charge in [-0.3, -0.25) is 9.69 Å². The predicted molar refractivity (Wildman–Crippen MR) is 139 cm³/mol. The summed E-state index contributed by atoms with van der Waals surface area (Å²) in [5.74, 6) is 1.37. The molecule has 1 amide bonds. The number of nitrogens with zero attached hydrogens (tertiary/aromatic N) is 2. The van der Waals surface area contributed by atoms with Gasteiger partial charge in [-0.05, 0) is 127 Å². The quantitative estimate of drug-likeness (QED) is 0.428. The summed E-state index contributed by atoms with van der Waals surface area (Å²) in [7, 11) is 0. The summed E-state index contributed by atoms with van der Waals surface area (Å²) in [6.45, 7) is 25.6. The lowest BCUT2D eigenvalue weighted by atomic mass is 9.75. The average Bonchev–Trinajstić information content (AvgIpc) is 2.60. The molecule has 0 bridgehead atoms. The molecular formula is C29H56N2O. The molecule has 2 rings (SSSR count). The molecule has 0 aliphatic heterocycles. The van der Waals surface area contributed by atoms with Crippen LogP contribution in [0.2, 0.25) is 0 Å². The van der Waals surface area contributed by atoms with Gasteiger partial charge >= 0.3 is 0 Å². The molecule has 2 saturated carbocycles. The largest absolute Gasteiger partial charge is 0.332 e. The maximum atomic E-state index is 13.7. The monoisotopic (exact) mass is 448 g/mol. The summed E-state index contributed by atoms with van der Waals surface area (Å²) in [6.07, 6.45) is 12.2. The molecule has 2 aliphatic carbocycles. The van der Waals surface area contributed by atoms with Crippen LogP contribution in [0.1, 0.15) is 140 Å². The Bertz CT molecular complexity index is 589. The predicted octanol–water partition coefficient (Wildman–Crippen LogP) is 7.82. The van der Waals surface area contributed by atoms with Crippen molar-refractivity contribution in [3.63, 3.8) is 0 Å². The molecule has 0 aromatic rings. The van der Waals surface area contributed by atoms with Crippen molar-refractivity contribution >= 4 is 5.91 Å². The van der Waals surface area contributed by atoms with Crippen molar-refractivity contribution in [2.45, 2.75) is 169 Å². The molecule has 3 heteroatoms. The topological polar surface area (TPSA) is 23.6 Å². The molecule has 0 radical (unpaired) electrons. The van der Waals surface area contributed by atoms with E-state index in [-0.39, 0.29) is 28.1 Å². The molecule has 188 valence electrons. The van der Waals surface area contributed by atoms with Crippen molar-refractivity contribution in [1.82, 2.24) is 9.80 Å². The molecular weight excluding hydrogens is 392 g/mol. The Kier molecular flexibility index (Phi) is 8.62. The van der Waals surface area contributed by atoms with Crippen LogP contribution < -0.4 is 0 Å². The summed E-state index contributed by atoms with van der Waals surface area (Å²) in [5, 5.41) is 0. The van der Waals surface area contributed by atoms with Crippen LogP contribution in [0, 0.1) is 11.8 Å². The van der Waals surface area contributed by atoms with Gasteiger partial charge in [-0.15, -0.1) is 0 Å². The summed E-state index contributed by atoms with van der Waals surface area (Å²) in [5.41, 5.74) is 0.136. The molecule has 32 heavy (non-hydrogen) atoms. The van der Waals surface area contributed by atoms with E-state index in [0.29, 0.717) is 17.9 Å². The lowest BCUT2D eigenvalue weighted by molar-refractivity contribution is -0.150. The SMILES string of the molecule is CC(C)(C)N(C1CCC(CC(C)(C)N(C(=O)C2CCCCC2)C(C)(C)C)CC1)C(C)(C)C. The molecule has 0 aromatic carbocycles. The first kappa shape index (κ1) is 27.7. The van der Waals surface area contributed by atoms with Gasteiger partial charge in [0, 0.05) is 34.1 Å². The number of hydrogen-bond donors (Lipinski definition) is 0. The molecule has 2 fully saturated rings. The highest BCUT2D eigenvalue weighted by Crippen LogP contribution is 2.41. The zero-order chi connectivity index (χ0) is 24.5. The van der Waals surface area contributed by atoms with E-state index in [1.165, 1.54) is 44.9 Å². The van der Waals surface area contributed by atoms with Crippen LogP contribution in [-0.4, -0.2) is 43.9 Å². The van der Waals surface area contributed by atoms with Crippen molar-refractivity contribution in [2.75, 3.05) is 0 Å². The first-order chi connectivity index (χ1) is 14.4. The fourth-order valence-corrected chi connectivity index (χ4v) is 7.58. The van der Waals surface area contributed by atoms with E-state index in [1.807, 2.05) is 0 Å². The smallest absolute Gasteiger partial charge is 0.226 e. The number of rotatable bonds is 5. The number of amides is 1. The molecule has 0 atom stereocenters. The molecule has 0 saturated heterocycles. The Labute approximate surface area is 201 Å².